The lowest BCUT2D eigenvalue weighted by Crippen LogP contribution is -2.46. The van der Waals surface area contributed by atoms with Crippen LogP contribution in [-0.2, 0) is 6.42 Å². The standard InChI is InChI=1S/C14H24N2S2/c1-4-11-5-6-13(18-11)12(9-15)16-7-8-17-14(2,3)10-16/h5-6,12H,4,7-10,15H2,1-3H3. The molecular weight excluding hydrogens is 260 g/mol. The van der Waals surface area contributed by atoms with Crippen LogP contribution in [0, 0.1) is 0 Å². The molecule has 2 heterocycles. The van der Waals surface area contributed by atoms with Crippen molar-refractivity contribution in [1.29, 1.82) is 0 Å². The minimum absolute atomic E-state index is 0.358. The molecule has 1 unspecified atom stereocenters. The van der Waals surface area contributed by atoms with Gasteiger partial charge in [0.15, 0.2) is 0 Å². The molecule has 2 nitrogen and oxygen atoms in total. The highest BCUT2D eigenvalue weighted by atomic mass is 32.2. The van der Waals surface area contributed by atoms with Crippen LogP contribution in [0.1, 0.15) is 36.6 Å². The highest BCUT2D eigenvalue weighted by Crippen LogP contribution is 2.35. The molecule has 0 bridgehead atoms. The van der Waals surface area contributed by atoms with E-state index >= 15 is 0 Å². The summed E-state index contributed by atoms with van der Waals surface area (Å²) < 4.78 is 0.358. The number of thioether (sulfide) groups is 1. The van der Waals surface area contributed by atoms with Crippen LogP contribution in [-0.4, -0.2) is 35.0 Å². The van der Waals surface area contributed by atoms with E-state index in [0.29, 0.717) is 10.8 Å². The molecule has 2 rings (SSSR count). The fraction of sp³-hybridized carbons (Fsp3) is 0.714. The van der Waals surface area contributed by atoms with Crippen molar-refractivity contribution in [2.75, 3.05) is 25.4 Å². The number of nitrogens with two attached hydrogens (primary N) is 1. The number of rotatable bonds is 4. The molecular formula is C14H24N2S2. The fourth-order valence-corrected chi connectivity index (χ4v) is 4.76. The molecule has 1 aromatic rings. The first-order chi connectivity index (χ1) is 8.55. The molecule has 1 aliphatic heterocycles. The molecule has 1 atom stereocenters. The van der Waals surface area contributed by atoms with Crippen molar-refractivity contribution in [3.05, 3.63) is 21.9 Å². The molecule has 2 N–H and O–H groups in total. The zero-order valence-electron chi connectivity index (χ0n) is 11.6. The number of nitrogens with zero attached hydrogens (tertiary/aromatic N) is 1. The van der Waals surface area contributed by atoms with Gasteiger partial charge in [0, 0.05) is 39.9 Å². The number of aryl methyl sites for hydroxylation is 1. The number of hydrogen-bond acceptors (Lipinski definition) is 4. The van der Waals surface area contributed by atoms with Gasteiger partial charge in [-0.2, -0.15) is 11.8 Å². The molecule has 0 aliphatic carbocycles. The fourth-order valence-electron chi connectivity index (χ4n) is 2.53. The van der Waals surface area contributed by atoms with E-state index in [1.807, 2.05) is 11.3 Å². The highest BCUT2D eigenvalue weighted by molar-refractivity contribution is 8.00. The molecule has 1 fully saturated rings. The van der Waals surface area contributed by atoms with Crippen molar-refractivity contribution in [2.45, 2.75) is 38.0 Å². The summed E-state index contributed by atoms with van der Waals surface area (Å²) in [6.07, 6.45) is 1.13. The smallest absolute Gasteiger partial charge is 0.0565 e. The van der Waals surface area contributed by atoms with Crippen LogP contribution >= 0.6 is 23.1 Å². The monoisotopic (exact) mass is 284 g/mol. The normalized spacial score (nSPS) is 22.0. The van der Waals surface area contributed by atoms with E-state index in [1.54, 1.807) is 0 Å². The van der Waals surface area contributed by atoms with Gasteiger partial charge in [0.2, 0.25) is 0 Å². The van der Waals surface area contributed by atoms with E-state index in [2.05, 4.69) is 49.6 Å². The summed E-state index contributed by atoms with van der Waals surface area (Å²) in [5, 5.41) is 0. The van der Waals surface area contributed by atoms with Crippen molar-refractivity contribution >= 4 is 23.1 Å². The van der Waals surface area contributed by atoms with Crippen LogP contribution in [0.2, 0.25) is 0 Å². The summed E-state index contributed by atoms with van der Waals surface area (Å²) in [5.41, 5.74) is 6.03. The van der Waals surface area contributed by atoms with Crippen LogP contribution in [0.5, 0.6) is 0 Å². The maximum atomic E-state index is 6.03. The van der Waals surface area contributed by atoms with Gasteiger partial charge in [-0.25, -0.2) is 0 Å². The number of hydrogen-bond donors (Lipinski definition) is 1. The van der Waals surface area contributed by atoms with E-state index in [4.69, 9.17) is 5.73 Å². The highest BCUT2D eigenvalue weighted by Gasteiger charge is 2.31. The van der Waals surface area contributed by atoms with Crippen LogP contribution < -0.4 is 5.73 Å². The van der Waals surface area contributed by atoms with E-state index in [9.17, 15) is 0 Å². The van der Waals surface area contributed by atoms with Gasteiger partial charge in [-0.3, -0.25) is 4.90 Å². The third-order valence-corrected chi connectivity index (χ3v) is 6.11. The van der Waals surface area contributed by atoms with Gasteiger partial charge in [0.1, 0.15) is 0 Å². The lowest BCUT2D eigenvalue weighted by molar-refractivity contribution is 0.195. The summed E-state index contributed by atoms with van der Waals surface area (Å²) in [5.74, 6) is 1.22. The van der Waals surface area contributed by atoms with Crippen molar-refractivity contribution in [1.82, 2.24) is 4.90 Å². The average molecular weight is 284 g/mol. The summed E-state index contributed by atoms with van der Waals surface area (Å²) in [6.45, 7) is 9.92. The first-order valence-corrected chi connectivity index (χ1v) is 8.52. The third-order valence-electron chi connectivity index (χ3n) is 3.48. The van der Waals surface area contributed by atoms with Crippen LogP contribution in [0.3, 0.4) is 0 Å². The van der Waals surface area contributed by atoms with Gasteiger partial charge in [0.05, 0.1) is 6.04 Å². The van der Waals surface area contributed by atoms with Crippen molar-refractivity contribution in [3.63, 3.8) is 0 Å². The van der Waals surface area contributed by atoms with Crippen molar-refractivity contribution < 1.29 is 0 Å². The molecule has 0 spiro atoms. The first-order valence-electron chi connectivity index (χ1n) is 6.72. The van der Waals surface area contributed by atoms with Gasteiger partial charge in [-0.15, -0.1) is 11.3 Å². The summed E-state index contributed by atoms with van der Waals surface area (Å²) >= 11 is 4.01. The molecule has 0 saturated carbocycles. The zero-order valence-corrected chi connectivity index (χ0v) is 13.2. The second kappa shape index (κ2) is 5.95. The third kappa shape index (κ3) is 3.29. The SMILES string of the molecule is CCc1ccc(C(CN)N2CCSC(C)(C)C2)s1. The van der Waals surface area contributed by atoms with Gasteiger partial charge >= 0.3 is 0 Å². The largest absolute Gasteiger partial charge is 0.329 e. The quantitative estimate of drug-likeness (QED) is 0.921. The second-order valence-corrected chi connectivity index (χ2v) is 8.49. The molecule has 1 saturated heterocycles. The number of thiophene rings is 1. The molecule has 0 amide bonds. The summed E-state index contributed by atoms with van der Waals surface area (Å²) in [6, 6.07) is 4.94. The Bertz CT molecular complexity index is 387. The lowest BCUT2D eigenvalue weighted by Gasteiger charge is -2.41. The Hall–Kier alpha value is -0.0300. The van der Waals surface area contributed by atoms with Gasteiger partial charge in [0.25, 0.3) is 0 Å². The minimum atomic E-state index is 0.358. The molecule has 1 aliphatic rings. The zero-order chi connectivity index (χ0) is 13.2. The van der Waals surface area contributed by atoms with E-state index in [1.165, 1.54) is 15.5 Å². The van der Waals surface area contributed by atoms with Crippen LogP contribution in [0.4, 0.5) is 0 Å². The van der Waals surface area contributed by atoms with Crippen molar-refractivity contribution in [3.8, 4) is 0 Å². The molecule has 0 aromatic carbocycles. The lowest BCUT2D eigenvalue weighted by atomic mass is 10.1. The Kier molecular flexibility index (Phi) is 4.75. The Morgan fingerprint density at radius 3 is 2.78 bits per heavy atom. The van der Waals surface area contributed by atoms with Gasteiger partial charge in [-0.05, 0) is 32.4 Å². The molecule has 18 heavy (non-hydrogen) atoms. The summed E-state index contributed by atoms with van der Waals surface area (Å²) in [7, 11) is 0. The van der Waals surface area contributed by atoms with E-state index < -0.39 is 0 Å². The Morgan fingerprint density at radius 1 is 1.44 bits per heavy atom. The predicted octanol–water partition coefficient (Wildman–Crippen LogP) is 3.14. The maximum Gasteiger partial charge on any atom is 0.0565 e. The predicted molar refractivity (Wildman–Crippen MR) is 83.6 cm³/mol. The Labute approximate surface area is 119 Å². The maximum absolute atomic E-state index is 6.03. The topological polar surface area (TPSA) is 29.3 Å². The summed E-state index contributed by atoms with van der Waals surface area (Å²) in [4.78, 5) is 5.48. The van der Waals surface area contributed by atoms with E-state index in [-0.39, 0.29) is 0 Å². The van der Waals surface area contributed by atoms with Crippen LogP contribution in [0.25, 0.3) is 0 Å². The van der Waals surface area contributed by atoms with Gasteiger partial charge in [-0.1, -0.05) is 6.92 Å². The van der Waals surface area contributed by atoms with E-state index in [0.717, 1.165) is 26.1 Å². The Morgan fingerprint density at radius 2 is 2.22 bits per heavy atom. The second-order valence-electron chi connectivity index (χ2n) is 5.49. The first kappa shape index (κ1) is 14.4. The molecule has 4 heteroatoms. The van der Waals surface area contributed by atoms with Crippen LogP contribution in [0.15, 0.2) is 12.1 Å². The minimum Gasteiger partial charge on any atom is -0.329 e. The Balaban J connectivity index is 2.12. The van der Waals surface area contributed by atoms with Crippen molar-refractivity contribution in [2.24, 2.45) is 5.73 Å². The molecule has 102 valence electrons. The molecule has 1 aromatic heterocycles. The average Bonchev–Trinajstić information content (AvgIpc) is 2.77. The molecule has 0 radical (unpaired) electrons. The van der Waals surface area contributed by atoms with Gasteiger partial charge < -0.3 is 5.73 Å².